The number of halogens is 2. The van der Waals surface area contributed by atoms with Gasteiger partial charge in [0.15, 0.2) is 0 Å². The second kappa shape index (κ2) is 7.58. The van der Waals surface area contributed by atoms with Crippen molar-refractivity contribution in [3.05, 3.63) is 90.0 Å². The van der Waals surface area contributed by atoms with E-state index in [1.807, 2.05) is 30.3 Å². The first-order valence-corrected chi connectivity index (χ1v) is 8.45. The van der Waals surface area contributed by atoms with Crippen LogP contribution in [-0.2, 0) is 10.2 Å². The quantitative estimate of drug-likeness (QED) is 0.631. The number of hydrogen-bond acceptors (Lipinski definition) is 2. The molecule has 0 aliphatic carbocycles. The molecule has 3 rings (SSSR count). The molecule has 0 saturated carbocycles. The largest absolute Gasteiger partial charge is 0.457 e. The van der Waals surface area contributed by atoms with Gasteiger partial charge in [0.05, 0.1) is 5.41 Å². The van der Waals surface area contributed by atoms with Crippen LogP contribution in [-0.4, -0.2) is 5.91 Å². The SMILES string of the molecule is CC(C)(C(=O)Nc1cccc(Oc2ccccc2)c1)c1cc(F)cc(F)c1. The third-order valence-electron chi connectivity index (χ3n) is 4.22. The van der Waals surface area contributed by atoms with Crippen LogP contribution in [0.2, 0.25) is 0 Å². The predicted molar refractivity (Wildman–Crippen MR) is 101 cm³/mol. The van der Waals surface area contributed by atoms with E-state index < -0.39 is 17.0 Å². The number of amides is 1. The molecule has 0 aromatic heterocycles. The minimum Gasteiger partial charge on any atom is -0.457 e. The molecular formula is C22H19F2NO2. The fourth-order valence-corrected chi connectivity index (χ4v) is 2.60. The minimum atomic E-state index is -1.13. The zero-order valence-electron chi connectivity index (χ0n) is 15.0. The minimum absolute atomic E-state index is 0.259. The van der Waals surface area contributed by atoms with E-state index in [1.54, 1.807) is 38.1 Å². The van der Waals surface area contributed by atoms with Crippen molar-refractivity contribution < 1.29 is 18.3 Å². The molecule has 5 heteroatoms. The van der Waals surface area contributed by atoms with E-state index in [4.69, 9.17) is 4.74 Å². The summed E-state index contributed by atoms with van der Waals surface area (Å²) in [6.45, 7) is 3.22. The third kappa shape index (κ3) is 4.50. The van der Waals surface area contributed by atoms with Crippen molar-refractivity contribution in [2.45, 2.75) is 19.3 Å². The van der Waals surface area contributed by atoms with E-state index in [2.05, 4.69) is 5.32 Å². The molecule has 0 atom stereocenters. The van der Waals surface area contributed by atoms with Gasteiger partial charge in [0.1, 0.15) is 23.1 Å². The Hall–Kier alpha value is -3.21. The van der Waals surface area contributed by atoms with Gasteiger partial charge in [0, 0.05) is 17.8 Å². The van der Waals surface area contributed by atoms with Crippen molar-refractivity contribution in [2.24, 2.45) is 0 Å². The molecule has 0 aliphatic heterocycles. The Morgan fingerprint density at radius 2 is 1.48 bits per heavy atom. The number of hydrogen-bond donors (Lipinski definition) is 1. The first-order chi connectivity index (χ1) is 12.8. The fraction of sp³-hybridized carbons (Fsp3) is 0.136. The van der Waals surface area contributed by atoms with Gasteiger partial charge in [-0.25, -0.2) is 8.78 Å². The molecule has 1 N–H and O–H groups in total. The predicted octanol–water partition coefficient (Wildman–Crippen LogP) is 5.67. The Labute approximate surface area is 156 Å². The zero-order valence-corrected chi connectivity index (χ0v) is 15.0. The average Bonchev–Trinajstić information content (AvgIpc) is 2.62. The molecule has 0 spiro atoms. The lowest BCUT2D eigenvalue weighted by molar-refractivity contribution is -0.120. The lowest BCUT2D eigenvalue weighted by atomic mass is 9.83. The highest BCUT2D eigenvalue weighted by Gasteiger charge is 2.31. The molecule has 0 aliphatic rings. The first-order valence-electron chi connectivity index (χ1n) is 8.45. The number of para-hydroxylation sites is 1. The van der Waals surface area contributed by atoms with E-state index in [0.717, 1.165) is 18.2 Å². The number of carbonyl (C=O) groups excluding carboxylic acids is 1. The monoisotopic (exact) mass is 367 g/mol. The topological polar surface area (TPSA) is 38.3 Å². The van der Waals surface area contributed by atoms with Crippen LogP contribution in [0.4, 0.5) is 14.5 Å². The van der Waals surface area contributed by atoms with E-state index >= 15 is 0 Å². The van der Waals surface area contributed by atoms with Crippen LogP contribution in [0, 0.1) is 11.6 Å². The molecule has 3 nitrogen and oxygen atoms in total. The van der Waals surface area contributed by atoms with Gasteiger partial charge < -0.3 is 10.1 Å². The van der Waals surface area contributed by atoms with Crippen molar-refractivity contribution in [3.63, 3.8) is 0 Å². The van der Waals surface area contributed by atoms with Gasteiger partial charge >= 0.3 is 0 Å². The van der Waals surface area contributed by atoms with Crippen LogP contribution in [0.5, 0.6) is 11.5 Å². The lowest BCUT2D eigenvalue weighted by Crippen LogP contribution is -2.35. The van der Waals surface area contributed by atoms with Crippen LogP contribution in [0.25, 0.3) is 0 Å². The van der Waals surface area contributed by atoms with Gasteiger partial charge in [0.2, 0.25) is 5.91 Å². The van der Waals surface area contributed by atoms with Gasteiger partial charge in [-0.15, -0.1) is 0 Å². The van der Waals surface area contributed by atoms with Crippen LogP contribution < -0.4 is 10.1 Å². The molecular weight excluding hydrogens is 348 g/mol. The summed E-state index contributed by atoms with van der Waals surface area (Å²) in [6.07, 6.45) is 0. The van der Waals surface area contributed by atoms with E-state index in [0.29, 0.717) is 17.2 Å². The maximum absolute atomic E-state index is 13.5. The lowest BCUT2D eigenvalue weighted by Gasteiger charge is -2.24. The summed E-state index contributed by atoms with van der Waals surface area (Å²) in [4.78, 5) is 12.7. The van der Waals surface area contributed by atoms with Crippen molar-refractivity contribution in [2.75, 3.05) is 5.32 Å². The van der Waals surface area contributed by atoms with Crippen molar-refractivity contribution in [1.82, 2.24) is 0 Å². The molecule has 0 heterocycles. The highest BCUT2D eigenvalue weighted by atomic mass is 19.1. The maximum atomic E-state index is 13.5. The Morgan fingerprint density at radius 3 is 2.15 bits per heavy atom. The molecule has 3 aromatic rings. The maximum Gasteiger partial charge on any atom is 0.234 e. The summed E-state index contributed by atoms with van der Waals surface area (Å²) < 4.78 is 32.8. The average molecular weight is 367 g/mol. The zero-order chi connectivity index (χ0) is 19.4. The normalized spacial score (nSPS) is 11.1. The van der Waals surface area contributed by atoms with Gasteiger partial charge in [0.25, 0.3) is 0 Å². The Kier molecular flexibility index (Phi) is 5.21. The summed E-state index contributed by atoms with van der Waals surface area (Å²) in [5, 5.41) is 2.78. The third-order valence-corrected chi connectivity index (χ3v) is 4.22. The van der Waals surface area contributed by atoms with Crippen LogP contribution in [0.3, 0.4) is 0 Å². The van der Waals surface area contributed by atoms with Crippen molar-refractivity contribution >= 4 is 11.6 Å². The fourth-order valence-electron chi connectivity index (χ4n) is 2.60. The summed E-state index contributed by atoms with van der Waals surface area (Å²) in [6, 6.07) is 19.3. The number of ether oxygens (including phenoxy) is 1. The van der Waals surface area contributed by atoms with E-state index in [-0.39, 0.29) is 11.5 Å². The number of nitrogens with one attached hydrogen (secondary N) is 1. The Morgan fingerprint density at radius 1 is 0.852 bits per heavy atom. The van der Waals surface area contributed by atoms with Gasteiger partial charge in [-0.3, -0.25) is 4.79 Å². The Bertz CT molecular complexity index is 935. The van der Waals surface area contributed by atoms with Crippen molar-refractivity contribution in [1.29, 1.82) is 0 Å². The molecule has 3 aromatic carbocycles. The van der Waals surface area contributed by atoms with Crippen LogP contribution in [0.15, 0.2) is 72.8 Å². The van der Waals surface area contributed by atoms with Crippen LogP contribution in [0.1, 0.15) is 19.4 Å². The molecule has 0 radical (unpaired) electrons. The number of anilines is 1. The number of carbonyl (C=O) groups is 1. The molecule has 0 saturated heterocycles. The highest BCUT2D eigenvalue weighted by molar-refractivity contribution is 5.98. The van der Waals surface area contributed by atoms with Gasteiger partial charge in [-0.1, -0.05) is 24.3 Å². The molecule has 27 heavy (non-hydrogen) atoms. The van der Waals surface area contributed by atoms with Crippen molar-refractivity contribution in [3.8, 4) is 11.5 Å². The molecule has 0 fully saturated rings. The second-order valence-electron chi connectivity index (χ2n) is 6.68. The van der Waals surface area contributed by atoms with E-state index in [1.165, 1.54) is 0 Å². The van der Waals surface area contributed by atoms with Gasteiger partial charge in [-0.2, -0.15) is 0 Å². The standard InChI is InChI=1S/C22H19F2NO2/c1-22(2,15-11-16(23)13-17(24)12-15)21(26)25-18-7-6-10-20(14-18)27-19-8-4-3-5-9-19/h3-14H,1-2H3,(H,25,26). The number of benzene rings is 3. The Balaban J connectivity index is 1.78. The molecule has 0 unspecified atom stereocenters. The van der Waals surface area contributed by atoms with E-state index in [9.17, 15) is 13.6 Å². The summed E-state index contributed by atoms with van der Waals surface area (Å²) >= 11 is 0. The van der Waals surface area contributed by atoms with Crippen LogP contribution >= 0.6 is 0 Å². The first kappa shape index (κ1) is 18.6. The summed E-state index contributed by atoms with van der Waals surface area (Å²) in [5.74, 6) is -0.581. The molecule has 1 amide bonds. The number of rotatable bonds is 5. The second-order valence-corrected chi connectivity index (χ2v) is 6.68. The molecule has 138 valence electrons. The summed E-state index contributed by atoms with van der Waals surface area (Å²) in [5.41, 5.74) is -0.341. The van der Waals surface area contributed by atoms with Gasteiger partial charge in [-0.05, 0) is 55.8 Å². The molecule has 0 bridgehead atoms. The summed E-state index contributed by atoms with van der Waals surface area (Å²) in [7, 11) is 0. The smallest absolute Gasteiger partial charge is 0.234 e. The highest BCUT2D eigenvalue weighted by Crippen LogP contribution is 2.28.